The average Bonchev–Trinajstić information content (AvgIpc) is 2.63. The molecule has 3 nitrogen and oxygen atoms in total. The number of benzene rings is 3. The molecule has 0 fully saturated rings. The molecule has 0 bridgehead atoms. The number of carbonyl (C=O) groups excluding carboxylic acids is 1. The standard InChI is InChI=1S/C22H20FNO2/c1-26-21-11-10-20(15-18(21)12-16-6-3-2-4-7-16)24-22(25)14-17-8-5-9-19(23)13-17/h2-11,13,15H,12,14H2,1H3,(H,24,25). The Balaban J connectivity index is 1.73. The van der Waals surface area contributed by atoms with Crippen LogP contribution in [0.4, 0.5) is 10.1 Å². The summed E-state index contributed by atoms with van der Waals surface area (Å²) in [5, 5.41) is 2.87. The van der Waals surface area contributed by atoms with Gasteiger partial charge in [-0.05, 0) is 41.5 Å². The molecule has 1 N–H and O–H groups in total. The average molecular weight is 349 g/mol. The Hall–Kier alpha value is -3.14. The highest BCUT2D eigenvalue weighted by atomic mass is 19.1. The Labute approximate surface area is 152 Å². The van der Waals surface area contributed by atoms with E-state index in [4.69, 9.17) is 4.74 Å². The fourth-order valence-corrected chi connectivity index (χ4v) is 2.85. The van der Waals surface area contributed by atoms with Gasteiger partial charge in [-0.3, -0.25) is 4.79 Å². The largest absolute Gasteiger partial charge is 0.496 e. The first-order chi connectivity index (χ1) is 12.6. The van der Waals surface area contributed by atoms with Crippen molar-refractivity contribution in [3.63, 3.8) is 0 Å². The molecule has 0 aromatic heterocycles. The molecule has 0 aliphatic carbocycles. The summed E-state index contributed by atoms with van der Waals surface area (Å²) in [6.07, 6.45) is 0.829. The van der Waals surface area contributed by atoms with Crippen molar-refractivity contribution in [2.45, 2.75) is 12.8 Å². The van der Waals surface area contributed by atoms with Crippen LogP contribution in [0.5, 0.6) is 5.75 Å². The highest BCUT2D eigenvalue weighted by molar-refractivity contribution is 5.92. The number of amides is 1. The number of hydrogen-bond acceptors (Lipinski definition) is 2. The second-order valence-corrected chi connectivity index (χ2v) is 6.04. The summed E-state index contributed by atoms with van der Waals surface area (Å²) in [5.74, 6) is 0.244. The number of hydrogen-bond donors (Lipinski definition) is 1. The van der Waals surface area contributed by atoms with Crippen LogP contribution in [0, 0.1) is 5.82 Å². The van der Waals surface area contributed by atoms with E-state index in [0.29, 0.717) is 17.7 Å². The molecular weight excluding hydrogens is 329 g/mol. The maximum atomic E-state index is 13.2. The van der Waals surface area contributed by atoms with Crippen molar-refractivity contribution in [2.24, 2.45) is 0 Å². The van der Waals surface area contributed by atoms with Crippen LogP contribution >= 0.6 is 0 Å². The number of carbonyl (C=O) groups is 1. The molecule has 0 saturated carbocycles. The molecule has 0 aliphatic rings. The molecule has 0 unspecified atom stereocenters. The number of halogens is 1. The van der Waals surface area contributed by atoms with Crippen molar-refractivity contribution in [1.29, 1.82) is 0 Å². The van der Waals surface area contributed by atoms with Crippen LogP contribution in [0.2, 0.25) is 0 Å². The lowest BCUT2D eigenvalue weighted by Gasteiger charge is -2.12. The Kier molecular flexibility index (Phi) is 5.64. The first kappa shape index (κ1) is 17.7. The lowest BCUT2D eigenvalue weighted by atomic mass is 10.0. The van der Waals surface area contributed by atoms with E-state index in [1.807, 2.05) is 30.3 Å². The summed E-state index contributed by atoms with van der Waals surface area (Å²) in [4.78, 5) is 12.3. The lowest BCUT2D eigenvalue weighted by molar-refractivity contribution is -0.115. The van der Waals surface area contributed by atoms with Crippen molar-refractivity contribution in [3.05, 3.63) is 95.3 Å². The molecule has 0 saturated heterocycles. The monoisotopic (exact) mass is 349 g/mol. The van der Waals surface area contributed by atoms with Crippen LogP contribution in [0.3, 0.4) is 0 Å². The topological polar surface area (TPSA) is 38.3 Å². The van der Waals surface area contributed by atoms with E-state index in [-0.39, 0.29) is 18.1 Å². The molecule has 4 heteroatoms. The quantitative estimate of drug-likeness (QED) is 0.706. The highest BCUT2D eigenvalue weighted by Crippen LogP contribution is 2.25. The van der Waals surface area contributed by atoms with Crippen molar-refractivity contribution >= 4 is 11.6 Å². The maximum absolute atomic E-state index is 13.2. The number of anilines is 1. The van der Waals surface area contributed by atoms with E-state index >= 15 is 0 Å². The first-order valence-corrected chi connectivity index (χ1v) is 8.39. The summed E-state index contributed by atoms with van der Waals surface area (Å²) < 4.78 is 18.7. The van der Waals surface area contributed by atoms with Gasteiger partial charge < -0.3 is 10.1 Å². The van der Waals surface area contributed by atoms with Gasteiger partial charge >= 0.3 is 0 Å². The third kappa shape index (κ3) is 4.70. The molecule has 3 aromatic carbocycles. The summed E-state index contributed by atoms with van der Waals surface area (Å²) in [6.45, 7) is 0. The maximum Gasteiger partial charge on any atom is 0.228 e. The van der Waals surface area contributed by atoms with Crippen molar-refractivity contribution in [1.82, 2.24) is 0 Å². The van der Waals surface area contributed by atoms with Crippen molar-refractivity contribution in [3.8, 4) is 5.75 Å². The lowest BCUT2D eigenvalue weighted by Crippen LogP contribution is -2.14. The van der Waals surface area contributed by atoms with Gasteiger partial charge in [-0.25, -0.2) is 4.39 Å². The number of ether oxygens (including phenoxy) is 1. The zero-order chi connectivity index (χ0) is 18.4. The Morgan fingerprint density at radius 1 is 0.962 bits per heavy atom. The number of rotatable bonds is 6. The van der Waals surface area contributed by atoms with Crippen LogP contribution in [-0.2, 0) is 17.6 Å². The molecule has 3 aromatic rings. The zero-order valence-electron chi connectivity index (χ0n) is 14.5. The molecule has 26 heavy (non-hydrogen) atoms. The van der Waals surface area contributed by atoms with Crippen LogP contribution < -0.4 is 10.1 Å². The van der Waals surface area contributed by atoms with E-state index in [2.05, 4.69) is 17.4 Å². The third-order valence-electron chi connectivity index (χ3n) is 4.06. The van der Waals surface area contributed by atoms with Crippen LogP contribution in [0.25, 0.3) is 0 Å². The fourth-order valence-electron chi connectivity index (χ4n) is 2.85. The van der Waals surface area contributed by atoms with Crippen LogP contribution in [-0.4, -0.2) is 13.0 Å². The fraction of sp³-hybridized carbons (Fsp3) is 0.136. The van der Waals surface area contributed by atoms with Crippen molar-refractivity contribution < 1.29 is 13.9 Å². The van der Waals surface area contributed by atoms with E-state index < -0.39 is 0 Å². The summed E-state index contributed by atoms with van der Waals surface area (Å²) >= 11 is 0. The first-order valence-electron chi connectivity index (χ1n) is 8.39. The third-order valence-corrected chi connectivity index (χ3v) is 4.06. The van der Waals surface area contributed by atoms with Gasteiger partial charge in [0.2, 0.25) is 5.91 Å². The van der Waals surface area contributed by atoms with Gasteiger partial charge in [-0.1, -0.05) is 42.5 Å². The van der Waals surface area contributed by atoms with Gasteiger partial charge in [0, 0.05) is 17.7 Å². The molecule has 3 rings (SSSR count). The van der Waals surface area contributed by atoms with Crippen molar-refractivity contribution in [2.75, 3.05) is 12.4 Å². The molecule has 0 atom stereocenters. The normalized spacial score (nSPS) is 10.4. The molecule has 1 amide bonds. The smallest absolute Gasteiger partial charge is 0.228 e. The second kappa shape index (κ2) is 8.30. The second-order valence-electron chi connectivity index (χ2n) is 6.04. The van der Waals surface area contributed by atoms with Gasteiger partial charge in [0.25, 0.3) is 0 Å². The number of nitrogens with one attached hydrogen (secondary N) is 1. The Morgan fingerprint density at radius 3 is 2.46 bits per heavy atom. The van der Waals surface area contributed by atoms with E-state index in [9.17, 15) is 9.18 Å². The SMILES string of the molecule is COc1ccc(NC(=O)Cc2cccc(F)c2)cc1Cc1ccccc1. The van der Waals surface area contributed by atoms with Gasteiger partial charge in [0.05, 0.1) is 13.5 Å². The van der Waals surface area contributed by atoms with Gasteiger partial charge in [0.1, 0.15) is 11.6 Å². The van der Waals surface area contributed by atoms with Crippen LogP contribution in [0.15, 0.2) is 72.8 Å². The molecule has 132 valence electrons. The minimum Gasteiger partial charge on any atom is -0.496 e. The van der Waals surface area contributed by atoms with Gasteiger partial charge in [-0.15, -0.1) is 0 Å². The molecule has 0 heterocycles. The van der Waals surface area contributed by atoms with Gasteiger partial charge in [0.15, 0.2) is 0 Å². The predicted octanol–water partition coefficient (Wildman–Crippen LogP) is 4.61. The zero-order valence-corrected chi connectivity index (χ0v) is 14.5. The van der Waals surface area contributed by atoms with Crippen LogP contribution in [0.1, 0.15) is 16.7 Å². The minimum absolute atomic E-state index is 0.123. The summed E-state index contributed by atoms with van der Waals surface area (Å²) in [7, 11) is 1.63. The molecule has 0 radical (unpaired) electrons. The van der Waals surface area contributed by atoms with E-state index in [1.54, 1.807) is 25.3 Å². The Morgan fingerprint density at radius 2 is 1.73 bits per heavy atom. The molecular formula is C22H20FNO2. The minimum atomic E-state index is -0.343. The van der Waals surface area contributed by atoms with E-state index in [1.165, 1.54) is 12.1 Å². The molecule has 0 spiro atoms. The van der Waals surface area contributed by atoms with E-state index in [0.717, 1.165) is 16.9 Å². The van der Waals surface area contributed by atoms with Gasteiger partial charge in [-0.2, -0.15) is 0 Å². The highest BCUT2D eigenvalue weighted by Gasteiger charge is 2.09. The molecule has 0 aliphatic heterocycles. The predicted molar refractivity (Wildman–Crippen MR) is 101 cm³/mol. The summed E-state index contributed by atoms with van der Waals surface area (Å²) in [5.41, 5.74) is 3.48. The Bertz CT molecular complexity index is 894. The summed E-state index contributed by atoms with van der Waals surface area (Å²) in [6, 6.07) is 21.7. The number of methoxy groups -OCH3 is 1.